The molecule has 0 unspecified atom stereocenters. The second-order valence-electron chi connectivity index (χ2n) is 3.60. The van der Waals surface area contributed by atoms with Crippen LogP contribution in [-0.2, 0) is 0 Å². The normalized spacial score (nSPS) is 10.1. The van der Waals surface area contributed by atoms with Crippen LogP contribution in [0.2, 0.25) is 0 Å². The largest absolute Gasteiger partial charge is 0.497 e. The van der Waals surface area contributed by atoms with Crippen molar-refractivity contribution in [2.45, 2.75) is 19.8 Å². The molecule has 15 heavy (non-hydrogen) atoms. The topological polar surface area (TPSA) is 47.3 Å². The molecule has 0 aliphatic rings. The lowest BCUT2D eigenvalue weighted by atomic mass is 10.0. The van der Waals surface area contributed by atoms with Crippen LogP contribution in [0.4, 0.5) is 5.69 Å². The minimum absolute atomic E-state index is 0.269. The quantitative estimate of drug-likeness (QED) is 0.774. The van der Waals surface area contributed by atoms with Gasteiger partial charge in [-0.05, 0) is 29.8 Å². The SMILES string of the molecule is COc1ccc(C(C)C)c(NC(N)=S)c1. The molecule has 0 aromatic heterocycles. The van der Waals surface area contributed by atoms with E-state index >= 15 is 0 Å². The molecule has 0 spiro atoms. The Kier molecular flexibility index (Phi) is 3.91. The van der Waals surface area contributed by atoms with Gasteiger partial charge in [-0.1, -0.05) is 19.9 Å². The van der Waals surface area contributed by atoms with E-state index in [4.69, 9.17) is 22.7 Å². The second-order valence-corrected chi connectivity index (χ2v) is 4.04. The maximum atomic E-state index is 5.46. The van der Waals surface area contributed by atoms with Crippen LogP contribution >= 0.6 is 12.2 Å². The molecule has 0 saturated heterocycles. The van der Waals surface area contributed by atoms with E-state index < -0.39 is 0 Å². The summed E-state index contributed by atoms with van der Waals surface area (Å²) in [6.07, 6.45) is 0. The predicted octanol–water partition coefficient (Wildman–Crippen LogP) is 2.47. The van der Waals surface area contributed by atoms with Crippen molar-refractivity contribution >= 4 is 23.0 Å². The van der Waals surface area contributed by atoms with E-state index in [9.17, 15) is 0 Å². The average molecular weight is 224 g/mol. The van der Waals surface area contributed by atoms with Gasteiger partial charge in [0.1, 0.15) is 5.75 Å². The Morgan fingerprint density at radius 1 is 1.47 bits per heavy atom. The number of thiocarbonyl (C=S) groups is 1. The maximum absolute atomic E-state index is 5.46. The van der Waals surface area contributed by atoms with Gasteiger partial charge in [-0.15, -0.1) is 0 Å². The van der Waals surface area contributed by atoms with Crippen molar-refractivity contribution in [1.82, 2.24) is 0 Å². The molecule has 0 radical (unpaired) electrons. The molecule has 0 atom stereocenters. The summed E-state index contributed by atoms with van der Waals surface area (Å²) in [6.45, 7) is 4.24. The Morgan fingerprint density at radius 2 is 2.13 bits per heavy atom. The van der Waals surface area contributed by atoms with Gasteiger partial charge in [-0.2, -0.15) is 0 Å². The molecule has 4 heteroatoms. The predicted molar refractivity (Wildman–Crippen MR) is 67.5 cm³/mol. The summed E-state index contributed by atoms with van der Waals surface area (Å²) in [6, 6.07) is 5.85. The van der Waals surface area contributed by atoms with Gasteiger partial charge in [0, 0.05) is 11.8 Å². The molecule has 0 saturated carbocycles. The molecule has 0 bridgehead atoms. The molecule has 0 amide bonds. The lowest BCUT2D eigenvalue weighted by Gasteiger charge is -2.14. The summed E-state index contributed by atoms with van der Waals surface area (Å²) in [5.74, 6) is 1.20. The molecule has 1 aromatic rings. The van der Waals surface area contributed by atoms with E-state index in [0.717, 1.165) is 11.4 Å². The van der Waals surface area contributed by atoms with Crippen molar-refractivity contribution in [3.8, 4) is 5.75 Å². The third-order valence-corrected chi connectivity index (χ3v) is 2.24. The van der Waals surface area contributed by atoms with Crippen LogP contribution in [0.15, 0.2) is 18.2 Å². The van der Waals surface area contributed by atoms with Gasteiger partial charge in [-0.3, -0.25) is 0 Å². The van der Waals surface area contributed by atoms with Crippen LogP contribution in [0.1, 0.15) is 25.3 Å². The molecular weight excluding hydrogens is 208 g/mol. The Labute approximate surface area is 95.6 Å². The van der Waals surface area contributed by atoms with Gasteiger partial charge in [-0.25, -0.2) is 0 Å². The molecule has 0 aliphatic heterocycles. The van der Waals surface area contributed by atoms with Gasteiger partial charge >= 0.3 is 0 Å². The van der Waals surface area contributed by atoms with Crippen LogP contribution in [0.5, 0.6) is 5.75 Å². The molecule has 3 N–H and O–H groups in total. The first-order valence-electron chi connectivity index (χ1n) is 4.79. The molecule has 0 fully saturated rings. The zero-order chi connectivity index (χ0) is 11.4. The minimum atomic E-state index is 0.269. The number of methoxy groups -OCH3 is 1. The van der Waals surface area contributed by atoms with Crippen molar-refractivity contribution < 1.29 is 4.74 Å². The highest BCUT2D eigenvalue weighted by Gasteiger charge is 2.08. The van der Waals surface area contributed by atoms with Crippen LogP contribution in [0, 0.1) is 0 Å². The summed E-state index contributed by atoms with van der Waals surface area (Å²) in [5, 5.41) is 3.23. The standard InChI is InChI=1S/C11H16N2OS/c1-7(2)9-5-4-8(14-3)6-10(9)13-11(12)15/h4-7H,1-3H3,(H3,12,13,15). The number of anilines is 1. The lowest BCUT2D eigenvalue weighted by molar-refractivity contribution is 0.415. The van der Waals surface area contributed by atoms with Crippen LogP contribution < -0.4 is 15.8 Å². The van der Waals surface area contributed by atoms with Gasteiger partial charge in [0.25, 0.3) is 0 Å². The van der Waals surface area contributed by atoms with Gasteiger partial charge < -0.3 is 15.8 Å². The Hall–Kier alpha value is -1.29. The third kappa shape index (κ3) is 3.09. The van der Waals surface area contributed by atoms with E-state index in [1.54, 1.807) is 7.11 Å². The zero-order valence-corrected chi connectivity index (χ0v) is 10.0. The van der Waals surface area contributed by atoms with Crippen molar-refractivity contribution in [2.24, 2.45) is 5.73 Å². The minimum Gasteiger partial charge on any atom is -0.497 e. The highest BCUT2D eigenvalue weighted by molar-refractivity contribution is 7.80. The van der Waals surface area contributed by atoms with Crippen molar-refractivity contribution in [3.05, 3.63) is 23.8 Å². The van der Waals surface area contributed by atoms with Gasteiger partial charge in [0.05, 0.1) is 7.11 Å². The number of rotatable bonds is 3. The highest BCUT2D eigenvalue weighted by Crippen LogP contribution is 2.28. The number of nitrogens with one attached hydrogen (secondary N) is 1. The molecule has 0 heterocycles. The van der Waals surface area contributed by atoms with E-state index in [1.165, 1.54) is 5.56 Å². The number of hydrogen-bond acceptors (Lipinski definition) is 2. The lowest BCUT2D eigenvalue weighted by Crippen LogP contribution is -2.20. The average Bonchev–Trinajstić information content (AvgIpc) is 2.16. The summed E-state index contributed by atoms with van der Waals surface area (Å²) < 4.78 is 5.15. The monoisotopic (exact) mass is 224 g/mol. The summed E-state index contributed by atoms with van der Waals surface area (Å²) in [4.78, 5) is 0. The molecule has 1 rings (SSSR count). The second kappa shape index (κ2) is 4.98. The number of benzene rings is 1. The first-order valence-corrected chi connectivity index (χ1v) is 5.19. The van der Waals surface area contributed by atoms with Crippen LogP contribution in [-0.4, -0.2) is 12.2 Å². The molecule has 82 valence electrons. The smallest absolute Gasteiger partial charge is 0.168 e. The Morgan fingerprint density at radius 3 is 2.60 bits per heavy atom. The Balaban J connectivity index is 3.10. The van der Waals surface area contributed by atoms with E-state index in [2.05, 4.69) is 19.2 Å². The van der Waals surface area contributed by atoms with E-state index in [-0.39, 0.29) is 5.11 Å². The summed E-state index contributed by atoms with van der Waals surface area (Å²) in [5.41, 5.74) is 7.55. The van der Waals surface area contributed by atoms with Crippen molar-refractivity contribution in [3.63, 3.8) is 0 Å². The van der Waals surface area contributed by atoms with Gasteiger partial charge in [0.15, 0.2) is 5.11 Å². The maximum Gasteiger partial charge on any atom is 0.168 e. The Bertz CT molecular complexity index is 364. The highest BCUT2D eigenvalue weighted by atomic mass is 32.1. The first-order chi connectivity index (χ1) is 7.04. The summed E-state index contributed by atoms with van der Waals surface area (Å²) in [7, 11) is 1.63. The molecular formula is C11H16N2OS. The fraction of sp³-hybridized carbons (Fsp3) is 0.364. The number of nitrogens with two attached hydrogens (primary N) is 1. The van der Waals surface area contributed by atoms with Crippen molar-refractivity contribution in [1.29, 1.82) is 0 Å². The van der Waals surface area contributed by atoms with E-state index in [0.29, 0.717) is 5.92 Å². The fourth-order valence-corrected chi connectivity index (χ4v) is 1.52. The number of ether oxygens (including phenoxy) is 1. The summed E-state index contributed by atoms with van der Waals surface area (Å²) >= 11 is 4.83. The van der Waals surface area contributed by atoms with E-state index in [1.807, 2.05) is 18.2 Å². The molecule has 3 nitrogen and oxygen atoms in total. The number of hydrogen-bond donors (Lipinski definition) is 2. The first kappa shape index (κ1) is 11.8. The van der Waals surface area contributed by atoms with Crippen LogP contribution in [0.3, 0.4) is 0 Å². The zero-order valence-electron chi connectivity index (χ0n) is 9.20. The van der Waals surface area contributed by atoms with Crippen molar-refractivity contribution in [2.75, 3.05) is 12.4 Å². The fourth-order valence-electron chi connectivity index (χ4n) is 1.41. The molecule has 0 aliphatic carbocycles. The third-order valence-electron chi connectivity index (χ3n) is 2.14. The molecule has 1 aromatic carbocycles. The van der Waals surface area contributed by atoms with Gasteiger partial charge in [0.2, 0.25) is 0 Å². The van der Waals surface area contributed by atoms with Crippen LogP contribution in [0.25, 0.3) is 0 Å².